The van der Waals surface area contributed by atoms with Gasteiger partial charge in [-0.2, -0.15) is 0 Å². The molecule has 2 heterocycles. The monoisotopic (exact) mass is 318 g/mol. The molecule has 2 N–H and O–H groups in total. The molecule has 1 atom stereocenters. The van der Waals surface area contributed by atoms with Gasteiger partial charge in [-0.05, 0) is 38.8 Å². The highest BCUT2D eigenvalue weighted by Crippen LogP contribution is 2.25. The number of hydrogen-bond donors (Lipinski definition) is 2. The van der Waals surface area contributed by atoms with Crippen molar-refractivity contribution in [3.05, 3.63) is 15.8 Å². The van der Waals surface area contributed by atoms with E-state index in [1.165, 1.54) is 11.3 Å². The summed E-state index contributed by atoms with van der Waals surface area (Å²) in [6.07, 6.45) is 2.03. The van der Waals surface area contributed by atoms with Crippen LogP contribution >= 0.6 is 11.3 Å². The van der Waals surface area contributed by atoms with Gasteiger partial charge in [-0.1, -0.05) is 0 Å². The Bertz CT molecular complexity index is 534. The minimum Gasteiger partial charge on any atom is -0.381 e. The molecule has 5 nitrogen and oxygen atoms in total. The molecule has 1 aromatic rings. The lowest BCUT2D eigenvalue weighted by atomic mass is 10.0. The third-order valence-corrected chi connectivity index (χ3v) is 6.11. The molecule has 1 aliphatic rings. The van der Waals surface area contributed by atoms with E-state index < -0.39 is 10.0 Å². The molecule has 0 saturated carbocycles. The molecule has 114 valence electrons. The lowest BCUT2D eigenvalue weighted by Gasteiger charge is -2.22. The number of sulfonamides is 1. The van der Waals surface area contributed by atoms with Gasteiger partial charge in [0.1, 0.15) is 0 Å². The maximum absolute atomic E-state index is 12.3. The van der Waals surface area contributed by atoms with Crippen molar-refractivity contribution in [3.8, 4) is 0 Å². The largest absolute Gasteiger partial charge is 0.381 e. The Kier molecular flexibility index (Phi) is 5.57. The van der Waals surface area contributed by atoms with E-state index in [0.717, 1.165) is 29.2 Å². The third kappa shape index (κ3) is 4.02. The van der Waals surface area contributed by atoms with E-state index in [1.54, 1.807) is 6.07 Å². The molecule has 0 bridgehead atoms. The quantitative estimate of drug-likeness (QED) is 0.834. The summed E-state index contributed by atoms with van der Waals surface area (Å²) in [6, 6.07) is 1.76. The predicted molar refractivity (Wildman–Crippen MR) is 80.6 cm³/mol. The standard InChI is InChI=1S/C13H22N2O3S2/c1-10-13(6-12(19-10)8-14-2)20(16,17)15-7-11-4-3-5-18-9-11/h6,11,14-15H,3-5,7-9H2,1-2H3. The Morgan fingerprint density at radius 2 is 2.30 bits per heavy atom. The van der Waals surface area contributed by atoms with Crippen molar-refractivity contribution in [2.45, 2.75) is 31.2 Å². The number of hydrogen-bond acceptors (Lipinski definition) is 5. The van der Waals surface area contributed by atoms with Crippen molar-refractivity contribution in [1.29, 1.82) is 0 Å². The van der Waals surface area contributed by atoms with E-state index in [-0.39, 0.29) is 5.92 Å². The summed E-state index contributed by atoms with van der Waals surface area (Å²) < 4.78 is 32.8. The number of rotatable bonds is 6. The molecule has 1 aromatic heterocycles. The lowest BCUT2D eigenvalue weighted by molar-refractivity contribution is 0.0568. The van der Waals surface area contributed by atoms with Gasteiger partial charge in [0.25, 0.3) is 0 Å². The van der Waals surface area contributed by atoms with Crippen LogP contribution in [0, 0.1) is 12.8 Å². The second-order valence-electron chi connectivity index (χ2n) is 5.10. The molecule has 0 amide bonds. The normalized spacial score (nSPS) is 20.2. The van der Waals surface area contributed by atoms with Crippen molar-refractivity contribution < 1.29 is 13.2 Å². The molecule has 0 aliphatic carbocycles. The Morgan fingerprint density at radius 3 is 2.95 bits per heavy atom. The van der Waals surface area contributed by atoms with E-state index in [2.05, 4.69) is 10.0 Å². The van der Waals surface area contributed by atoms with Crippen LogP contribution in [-0.4, -0.2) is 35.2 Å². The average Bonchev–Trinajstić information content (AvgIpc) is 2.80. The Morgan fingerprint density at radius 1 is 1.50 bits per heavy atom. The highest BCUT2D eigenvalue weighted by Gasteiger charge is 2.22. The minimum absolute atomic E-state index is 0.286. The van der Waals surface area contributed by atoms with Crippen LogP contribution in [0.15, 0.2) is 11.0 Å². The van der Waals surface area contributed by atoms with Crippen LogP contribution in [0.25, 0.3) is 0 Å². The SMILES string of the molecule is CNCc1cc(S(=O)(=O)NCC2CCCOC2)c(C)s1. The van der Waals surface area contributed by atoms with E-state index in [9.17, 15) is 8.42 Å². The van der Waals surface area contributed by atoms with Crippen molar-refractivity contribution in [3.63, 3.8) is 0 Å². The van der Waals surface area contributed by atoms with Gasteiger partial charge in [0.15, 0.2) is 0 Å². The van der Waals surface area contributed by atoms with Gasteiger partial charge in [0, 0.05) is 29.5 Å². The van der Waals surface area contributed by atoms with Crippen LogP contribution in [0.1, 0.15) is 22.6 Å². The molecule has 2 rings (SSSR count). The fourth-order valence-corrected chi connectivity index (χ4v) is 5.09. The molecular formula is C13H22N2O3S2. The van der Waals surface area contributed by atoms with Crippen LogP contribution in [0.2, 0.25) is 0 Å². The van der Waals surface area contributed by atoms with Crippen LogP contribution in [0.4, 0.5) is 0 Å². The maximum atomic E-state index is 12.3. The average molecular weight is 318 g/mol. The Hall–Kier alpha value is -0.470. The first-order valence-electron chi connectivity index (χ1n) is 6.84. The molecule has 1 saturated heterocycles. The molecule has 0 radical (unpaired) electrons. The molecule has 7 heteroatoms. The fraction of sp³-hybridized carbons (Fsp3) is 0.692. The lowest BCUT2D eigenvalue weighted by Crippen LogP contribution is -2.33. The van der Waals surface area contributed by atoms with Crippen LogP contribution in [-0.2, 0) is 21.3 Å². The second kappa shape index (κ2) is 7.00. The van der Waals surface area contributed by atoms with Crippen LogP contribution < -0.4 is 10.0 Å². The summed E-state index contributed by atoms with van der Waals surface area (Å²) >= 11 is 1.52. The third-order valence-electron chi connectivity index (χ3n) is 3.38. The van der Waals surface area contributed by atoms with Gasteiger partial charge in [-0.25, -0.2) is 13.1 Å². The summed E-state index contributed by atoms with van der Waals surface area (Å²) in [7, 11) is -1.56. The molecule has 0 spiro atoms. The molecular weight excluding hydrogens is 296 g/mol. The zero-order valence-electron chi connectivity index (χ0n) is 11.9. The van der Waals surface area contributed by atoms with Gasteiger partial charge in [0.05, 0.1) is 11.5 Å². The summed E-state index contributed by atoms with van der Waals surface area (Å²) in [4.78, 5) is 2.28. The number of aryl methyl sites for hydroxylation is 1. The maximum Gasteiger partial charge on any atom is 0.241 e. The Balaban J connectivity index is 2.01. The van der Waals surface area contributed by atoms with Crippen LogP contribution in [0.5, 0.6) is 0 Å². The summed E-state index contributed by atoms with van der Waals surface area (Å²) in [5.41, 5.74) is 0. The first kappa shape index (κ1) is 15.9. The van der Waals surface area contributed by atoms with Crippen molar-refractivity contribution in [2.75, 3.05) is 26.8 Å². The van der Waals surface area contributed by atoms with Gasteiger partial charge >= 0.3 is 0 Å². The molecule has 1 aliphatic heterocycles. The fourth-order valence-electron chi connectivity index (χ4n) is 2.33. The zero-order valence-corrected chi connectivity index (χ0v) is 13.6. The van der Waals surface area contributed by atoms with E-state index in [0.29, 0.717) is 24.6 Å². The van der Waals surface area contributed by atoms with Crippen molar-refractivity contribution in [1.82, 2.24) is 10.0 Å². The minimum atomic E-state index is -3.41. The summed E-state index contributed by atoms with van der Waals surface area (Å²) in [5.74, 6) is 0.286. The van der Waals surface area contributed by atoms with Gasteiger partial charge in [-0.3, -0.25) is 0 Å². The molecule has 1 unspecified atom stereocenters. The molecule has 20 heavy (non-hydrogen) atoms. The topological polar surface area (TPSA) is 67.4 Å². The summed E-state index contributed by atoms with van der Waals surface area (Å²) in [6.45, 7) is 4.44. The van der Waals surface area contributed by atoms with E-state index >= 15 is 0 Å². The first-order chi connectivity index (χ1) is 9.53. The first-order valence-corrected chi connectivity index (χ1v) is 9.14. The number of nitrogens with one attached hydrogen (secondary N) is 2. The van der Waals surface area contributed by atoms with E-state index in [4.69, 9.17) is 4.74 Å². The zero-order chi connectivity index (χ0) is 14.6. The van der Waals surface area contributed by atoms with Gasteiger partial charge in [0.2, 0.25) is 10.0 Å². The van der Waals surface area contributed by atoms with Gasteiger partial charge < -0.3 is 10.1 Å². The number of thiophene rings is 1. The number of ether oxygens (including phenoxy) is 1. The smallest absolute Gasteiger partial charge is 0.241 e. The second-order valence-corrected chi connectivity index (χ2v) is 8.17. The molecule has 1 fully saturated rings. The Labute approximate surface area is 124 Å². The highest BCUT2D eigenvalue weighted by molar-refractivity contribution is 7.89. The van der Waals surface area contributed by atoms with Gasteiger partial charge in [-0.15, -0.1) is 11.3 Å². The summed E-state index contributed by atoms with van der Waals surface area (Å²) in [5, 5.41) is 3.04. The molecule has 0 aromatic carbocycles. The van der Waals surface area contributed by atoms with E-state index in [1.807, 2.05) is 14.0 Å². The van der Waals surface area contributed by atoms with Crippen molar-refractivity contribution in [2.24, 2.45) is 5.92 Å². The van der Waals surface area contributed by atoms with Crippen molar-refractivity contribution >= 4 is 21.4 Å². The van der Waals surface area contributed by atoms with Crippen LogP contribution in [0.3, 0.4) is 0 Å². The highest BCUT2D eigenvalue weighted by atomic mass is 32.2. The predicted octanol–water partition coefficient (Wildman–Crippen LogP) is 1.48.